The van der Waals surface area contributed by atoms with Crippen molar-refractivity contribution in [2.75, 3.05) is 6.61 Å². The summed E-state index contributed by atoms with van der Waals surface area (Å²) in [6.07, 6.45) is 2.22. The molecule has 3 nitrogen and oxygen atoms in total. The van der Waals surface area contributed by atoms with Gasteiger partial charge in [0.25, 0.3) is 0 Å². The number of hydrogen-bond acceptors (Lipinski definition) is 3. The summed E-state index contributed by atoms with van der Waals surface area (Å²) in [5.74, 6) is 6.95. The Morgan fingerprint density at radius 2 is 1.80 bits per heavy atom. The van der Waals surface area contributed by atoms with Crippen LogP contribution in [0, 0.1) is 18.8 Å². The van der Waals surface area contributed by atoms with Gasteiger partial charge in [-0.1, -0.05) is 19.3 Å². The Bertz CT molecular complexity index is 592. The summed E-state index contributed by atoms with van der Waals surface area (Å²) in [5, 5.41) is 7.99. The molecule has 0 bridgehead atoms. The Kier molecular flexibility index (Phi) is 5.14. The van der Waals surface area contributed by atoms with Gasteiger partial charge in [0.2, 0.25) is 0 Å². The largest absolute Gasteiger partial charge is 0.494 e. The van der Waals surface area contributed by atoms with Gasteiger partial charge in [0, 0.05) is 5.56 Å². The topological polar surface area (TPSA) is 35.0 Å². The average Bonchev–Trinajstić information content (AvgIpc) is 2.48. The van der Waals surface area contributed by atoms with Crippen LogP contribution in [0.25, 0.3) is 0 Å². The molecule has 0 amide bonds. The summed E-state index contributed by atoms with van der Waals surface area (Å²) in [6.45, 7) is 4.82. The summed E-state index contributed by atoms with van der Waals surface area (Å²) >= 11 is 0. The molecule has 0 atom stereocenters. The predicted molar refractivity (Wildman–Crippen MR) is 79.6 cm³/mol. The molecule has 0 radical (unpaired) electrons. The Morgan fingerprint density at radius 1 is 1.00 bits per heavy atom. The first kappa shape index (κ1) is 14.1. The van der Waals surface area contributed by atoms with Gasteiger partial charge in [-0.25, -0.2) is 0 Å². The number of aromatic nitrogens is 2. The number of hydrogen-bond donors (Lipinski definition) is 0. The molecule has 102 valence electrons. The number of aryl methyl sites for hydroxylation is 1. The third kappa shape index (κ3) is 4.40. The first-order valence-electron chi connectivity index (χ1n) is 6.83. The molecule has 0 aliphatic rings. The van der Waals surface area contributed by atoms with Crippen LogP contribution in [-0.4, -0.2) is 16.8 Å². The summed E-state index contributed by atoms with van der Waals surface area (Å²) < 4.78 is 5.61. The standard InChI is InChI=1S/C17H18N2O/c1-3-4-13-20-17-11-7-15(8-12-17)6-10-16-9-5-14(2)18-19-16/h5,7-9,11-12H,3-4,13H2,1-2H3. The third-order valence-electron chi connectivity index (χ3n) is 2.75. The third-order valence-corrected chi connectivity index (χ3v) is 2.75. The highest BCUT2D eigenvalue weighted by atomic mass is 16.5. The van der Waals surface area contributed by atoms with Crippen molar-refractivity contribution in [3.63, 3.8) is 0 Å². The first-order valence-corrected chi connectivity index (χ1v) is 6.83. The van der Waals surface area contributed by atoms with Crippen LogP contribution in [0.15, 0.2) is 36.4 Å². The minimum atomic E-state index is 0.680. The van der Waals surface area contributed by atoms with Gasteiger partial charge >= 0.3 is 0 Å². The van der Waals surface area contributed by atoms with Gasteiger partial charge in [0.05, 0.1) is 12.3 Å². The molecule has 0 saturated heterocycles. The van der Waals surface area contributed by atoms with Crippen molar-refractivity contribution in [3.8, 4) is 17.6 Å². The van der Waals surface area contributed by atoms with Crippen LogP contribution in [0.2, 0.25) is 0 Å². The second kappa shape index (κ2) is 7.30. The zero-order valence-corrected chi connectivity index (χ0v) is 11.9. The monoisotopic (exact) mass is 266 g/mol. The van der Waals surface area contributed by atoms with E-state index in [1.165, 1.54) is 0 Å². The fourth-order valence-corrected chi connectivity index (χ4v) is 1.57. The lowest BCUT2D eigenvalue weighted by Gasteiger charge is -2.04. The van der Waals surface area contributed by atoms with Crippen LogP contribution in [0.4, 0.5) is 0 Å². The van der Waals surface area contributed by atoms with E-state index in [1.54, 1.807) is 0 Å². The number of rotatable bonds is 4. The van der Waals surface area contributed by atoms with Crippen molar-refractivity contribution in [1.29, 1.82) is 0 Å². The van der Waals surface area contributed by atoms with Crippen molar-refractivity contribution in [2.45, 2.75) is 26.7 Å². The lowest BCUT2D eigenvalue weighted by Crippen LogP contribution is -1.95. The normalized spacial score (nSPS) is 9.70. The minimum absolute atomic E-state index is 0.680. The van der Waals surface area contributed by atoms with E-state index in [0.717, 1.165) is 36.5 Å². The first-order chi connectivity index (χ1) is 9.78. The molecule has 1 aromatic heterocycles. The molecule has 1 heterocycles. The van der Waals surface area contributed by atoms with Gasteiger partial charge in [-0.15, -0.1) is 5.10 Å². The van der Waals surface area contributed by atoms with Crippen LogP contribution < -0.4 is 4.74 Å². The van der Waals surface area contributed by atoms with Crippen LogP contribution in [0.1, 0.15) is 36.7 Å². The fourth-order valence-electron chi connectivity index (χ4n) is 1.57. The predicted octanol–water partition coefficient (Wildman–Crippen LogP) is 3.36. The van der Waals surface area contributed by atoms with E-state index in [0.29, 0.717) is 5.69 Å². The lowest BCUT2D eigenvalue weighted by molar-refractivity contribution is 0.309. The lowest BCUT2D eigenvalue weighted by atomic mass is 10.2. The zero-order valence-electron chi connectivity index (χ0n) is 11.9. The van der Waals surface area contributed by atoms with E-state index in [-0.39, 0.29) is 0 Å². The Morgan fingerprint density at radius 3 is 2.45 bits per heavy atom. The maximum absolute atomic E-state index is 5.61. The average molecular weight is 266 g/mol. The molecule has 0 aliphatic heterocycles. The van der Waals surface area contributed by atoms with Crippen LogP contribution in [-0.2, 0) is 0 Å². The van der Waals surface area contributed by atoms with Crippen LogP contribution in [0.3, 0.4) is 0 Å². The van der Waals surface area contributed by atoms with Gasteiger partial charge in [-0.2, -0.15) is 5.10 Å². The summed E-state index contributed by atoms with van der Waals surface area (Å²) in [4.78, 5) is 0. The highest BCUT2D eigenvalue weighted by molar-refractivity contribution is 5.42. The second-order valence-corrected chi connectivity index (χ2v) is 4.54. The molecule has 1 aromatic carbocycles. The van der Waals surface area contributed by atoms with Crippen molar-refractivity contribution in [3.05, 3.63) is 53.3 Å². The summed E-state index contributed by atoms with van der Waals surface area (Å²) in [6, 6.07) is 11.6. The minimum Gasteiger partial charge on any atom is -0.494 e. The van der Waals surface area contributed by atoms with Gasteiger partial charge in [0.15, 0.2) is 0 Å². The van der Waals surface area contributed by atoms with Crippen LogP contribution >= 0.6 is 0 Å². The second-order valence-electron chi connectivity index (χ2n) is 4.54. The molecular weight excluding hydrogens is 248 g/mol. The van der Waals surface area contributed by atoms with Crippen molar-refractivity contribution < 1.29 is 4.74 Å². The Hall–Kier alpha value is -2.34. The van der Waals surface area contributed by atoms with Gasteiger partial charge in [-0.05, 0) is 55.7 Å². The maximum atomic E-state index is 5.61. The smallest absolute Gasteiger partial charge is 0.136 e. The van der Waals surface area contributed by atoms with Gasteiger partial charge in [-0.3, -0.25) is 0 Å². The summed E-state index contributed by atoms with van der Waals surface area (Å²) in [7, 11) is 0. The molecule has 0 spiro atoms. The number of benzene rings is 1. The number of unbranched alkanes of at least 4 members (excludes halogenated alkanes) is 1. The molecule has 0 fully saturated rings. The maximum Gasteiger partial charge on any atom is 0.136 e. The van der Waals surface area contributed by atoms with E-state index in [2.05, 4.69) is 29.0 Å². The Balaban J connectivity index is 1.98. The fraction of sp³-hybridized carbons (Fsp3) is 0.294. The van der Waals surface area contributed by atoms with E-state index in [4.69, 9.17) is 4.74 Å². The molecule has 0 aliphatic carbocycles. The molecule has 2 rings (SSSR count). The Labute approximate surface area is 120 Å². The van der Waals surface area contributed by atoms with Crippen LogP contribution in [0.5, 0.6) is 5.75 Å². The quantitative estimate of drug-likeness (QED) is 0.628. The van der Waals surface area contributed by atoms with Crippen molar-refractivity contribution in [1.82, 2.24) is 10.2 Å². The highest BCUT2D eigenvalue weighted by Gasteiger charge is 1.94. The van der Waals surface area contributed by atoms with E-state index in [9.17, 15) is 0 Å². The molecule has 20 heavy (non-hydrogen) atoms. The molecule has 2 aromatic rings. The highest BCUT2D eigenvalue weighted by Crippen LogP contribution is 2.12. The van der Waals surface area contributed by atoms with E-state index < -0.39 is 0 Å². The van der Waals surface area contributed by atoms with E-state index in [1.807, 2.05) is 43.3 Å². The molecule has 0 saturated carbocycles. The van der Waals surface area contributed by atoms with Gasteiger partial charge in [0.1, 0.15) is 11.4 Å². The number of nitrogens with zero attached hydrogens (tertiary/aromatic N) is 2. The van der Waals surface area contributed by atoms with Crippen molar-refractivity contribution >= 4 is 0 Å². The molecular formula is C17H18N2O. The van der Waals surface area contributed by atoms with Gasteiger partial charge < -0.3 is 4.74 Å². The van der Waals surface area contributed by atoms with E-state index >= 15 is 0 Å². The SMILES string of the molecule is CCCCOc1ccc(C#Cc2ccc(C)nn2)cc1. The zero-order chi connectivity index (χ0) is 14.2. The molecule has 0 unspecified atom stereocenters. The molecule has 0 N–H and O–H groups in total. The van der Waals surface area contributed by atoms with Crippen molar-refractivity contribution in [2.24, 2.45) is 0 Å². The summed E-state index contributed by atoms with van der Waals surface area (Å²) in [5.41, 5.74) is 2.51. The number of ether oxygens (including phenoxy) is 1. The molecule has 3 heteroatoms.